The summed E-state index contributed by atoms with van der Waals surface area (Å²) in [6.07, 6.45) is 4.98. The molecule has 0 aliphatic heterocycles. The highest BCUT2D eigenvalue weighted by molar-refractivity contribution is 4.98. The van der Waals surface area contributed by atoms with Crippen molar-refractivity contribution in [2.45, 2.75) is 33.1 Å². The predicted molar refractivity (Wildman–Crippen MR) is 48.0 cm³/mol. The fourth-order valence-corrected chi connectivity index (χ4v) is 0.913. The molecular formula is C10H17O. The van der Waals surface area contributed by atoms with Crippen molar-refractivity contribution in [3.05, 3.63) is 23.8 Å². The quantitative estimate of drug-likeness (QED) is 0.541. The van der Waals surface area contributed by atoms with Gasteiger partial charge < -0.3 is 0 Å². The summed E-state index contributed by atoms with van der Waals surface area (Å²) in [4.78, 5) is 0. The Morgan fingerprint density at radius 2 is 2.00 bits per heavy atom. The van der Waals surface area contributed by atoms with Crippen molar-refractivity contribution in [1.82, 2.24) is 0 Å². The minimum atomic E-state index is -0.0844. The van der Waals surface area contributed by atoms with Crippen molar-refractivity contribution >= 4 is 0 Å². The highest BCUT2D eigenvalue weighted by atomic mass is 16.2. The van der Waals surface area contributed by atoms with Crippen LogP contribution >= 0.6 is 0 Å². The summed E-state index contributed by atoms with van der Waals surface area (Å²) >= 11 is 0. The first-order chi connectivity index (χ1) is 5.16. The van der Waals surface area contributed by atoms with Crippen molar-refractivity contribution in [2.75, 3.05) is 6.61 Å². The minimum absolute atomic E-state index is 0.0844. The van der Waals surface area contributed by atoms with E-state index in [-0.39, 0.29) is 6.61 Å². The summed E-state index contributed by atoms with van der Waals surface area (Å²) < 4.78 is 0. The molecule has 0 bridgehead atoms. The third-order valence-electron chi connectivity index (χ3n) is 1.61. The van der Waals surface area contributed by atoms with Gasteiger partial charge in [0.1, 0.15) is 6.61 Å². The lowest BCUT2D eigenvalue weighted by Gasteiger charge is -1.99. The van der Waals surface area contributed by atoms with Gasteiger partial charge in [0.15, 0.2) is 0 Å². The normalized spacial score (nSPS) is 11.7. The maximum Gasteiger partial charge on any atom is 0.101 e. The molecule has 1 nitrogen and oxygen atoms in total. The van der Waals surface area contributed by atoms with E-state index in [0.717, 1.165) is 19.3 Å². The highest BCUT2D eigenvalue weighted by Crippen LogP contribution is 2.09. The van der Waals surface area contributed by atoms with Gasteiger partial charge >= 0.3 is 0 Å². The van der Waals surface area contributed by atoms with E-state index < -0.39 is 0 Å². The standard InChI is InChI=1S/C10H17O/c1-9(2)5-4-6-10(3)7-8-11/h7H,1,4-6,8H2,2-3H3/b10-7+. The van der Waals surface area contributed by atoms with Crippen LogP contribution in [-0.2, 0) is 5.11 Å². The van der Waals surface area contributed by atoms with Gasteiger partial charge in [0.2, 0.25) is 0 Å². The number of hydrogen-bond acceptors (Lipinski definition) is 0. The molecule has 0 aromatic heterocycles. The van der Waals surface area contributed by atoms with Crippen molar-refractivity contribution in [2.24, 2.45) is 0 Å². The zero-order valence-corrected chi connectivity index (χ0v) is 7.52. The van der Waals surface area contributed by atoms with Gasteiger partial charge in [0.05, 0.1) is 0 Å². The first kappa shape index (κ1) is 10.4. The van der Waals surface area contributed by atoms with E-state index in [0.29, 0.717) is 0 Å². The Hall–Kier alpha value is -0.560. The number of allylic oxidation sites excluding steroid dienone is 2. The first-order valence-corrected chi connectivity index (χ1v) is 4.05. The van der Waals surface area contributed by atoms with Gasteiger partial charge in [-0.05, 0) is 33.1 Å². The Labute approximate surface area is 69.4 Å². The van der Waals surface area contributed by atoms with E-state index >= 15 is 0 Å². The molecule has 0 atom stereocenters. The Morgan fingerprint density at radius 3 is 2.45 bits per heavy atom. The molecule has 0 saturated carbocycles. The second-order valence-corrected chi connectivity index (χ2v) is 3.03. The first-order valence-electron chi connectivity index (χ1n) is 4.05. The van der Waals surface area contributed by atoms with E-state index in [1.54, 1.807) is 6.08 Å². The van der Waals surface area contributed by atoms with Gasteiger partial charge in [-0.25, -0.2) is 5.11 Å². The summed E-state index contributed by atoms with van der Waals surface area (Å²) in [6.45, 7) is 7.78. The molecular weight excluding hydrogens is 136 g/mol. The summed E-state index contributed by atoms with van der Waals surface area (Å²) in [6, 6.07) is 0. The van der Waals surface area contributed by atoms with Gasteiger partial charge in [0, 0.05) is 0 Å². The Kier molecular flexibility index (Phi) is 5.86. The van der Waals surface area contributed by atoms with E-state index in [9.17, 15) is 5.11 Å². The van der Waals surface area contributed by atoms with Crippen LogP contribution in [0.2, 0.25) is 0 Å². The third kappa shape index (κ3) is 7.34. The molecule has 0 N–H and O–H groups in total. The van der Waals surface area contributed by atoms with E-state index in [1.807, 2.05) is 13.8 Å². The lowest BCUT2D eigenvalue weighted by Crippen LogP contribution is -1.82. The Bertz CT molecular complexity index is 145. The van der Waals surface area contributed by atoms with E-state index in [2.05, 4.69) is 6.58 Å². The van der Waals surface area contributed by atoms with Crippen LogP contribution in [0.3, 0.4) is 0 Å². The molecule has 0 rings (SSSR count). The molecule has 0 aromatic carbocycles. The molecule has 11 heavy (non-hydrogen) atoms. The molecule has 1 heteroatoms. The average Bonchev–Trinajstić information content (AvgIpc) is 1.87. The average molecular weight is 153 g/mol. The SMILES string of the molecule is C=C(C)CCC/C(C)=C/C[O]. The second kappa shape index (κ2) is 6.17. The smallest absolute Gasteiger partial charge is 0.101 e. The Balaban J connectivity index is 3.38. The molecule has 63 valence electrons. The van der Waals surface area contributed by atoms with Gasteiger partial charge in [0.25, 0.3) is 0 Å². The minimum Gasteiger partial charge on any atom is -0.232 e. The topological polar surface area (TPSA) is 19.9 Å². The van der Waals surface area contributed by atoms with Gasteiger partial charge in [-0.3, -0.25) is 0 Å². The van der Waals surface area contributed by atoms with E-state index in [4.69, 9.17) is 0 Å². The molecule has 0 saturated heterocycles. The Morgan fingerprint density at radius 1 is 1.36 bits per heavy atom. The molecule has 0 heterocycles. The van der Waals surface area contributed by atoms with Crippen molar-refractivity contribution in [3.63, 3.8) is 0 Å². The van der Waals surface area contributed by atoms with Crippen LogP contribution in [0.5, 0.6) is 0 Å². The van der Waals surface area contributed by atoms with Crippen LogP contribution in [-0.4, -0.2) is 6.61 Å². The van der Waals surface area contributed by atoms with Crippen LogP contribution in [0, 0.1) is 0 Å². The van der Waals surface area contributed by atoms with Crippen LogP contribution < -0.4 is 0 Å². The summed E-state index contributed by atoms with van der Waals surface area (Å²) in [5, 5.41) is 10.1. The molecule has 0 spiro atoms. The zero-order valence-electron chi connectivity index (χ0n) is 7.52. The van der Waals surface area contributed by atoms with Crippen molar-refractivity contribution in [3.8, 4) is 0 Å². The lowest BCUT2D eigenvalue weighted by atomic mass is 10.1. The zero-order chi connectivity index (χ0) is 8.69. The van der Waals surface area contributed by atoms with Gasteiger partial charge in [-0.2, -0.15) is 0 Å². The number of hydrogen-bond donors (Lipinski definition) is 0. The molecule has 0 unspecified atom stereocenters. The van der Waals surface area contributed by atoms with Crippen LogP contribution in [0.25, 0.3) is 0 Å². The molecule has 0 amide bonds. The van der Waals surface area contributed by atoms with Gasteiger partial charge in [-0.1, -0.05) is 17.2 Å². The maximum atomic E-state index is 10.1. The van der Waals surface area contributed by atoms with Gasteiger partial charge in [-0.15, -0.1) is 6.58 Å². The molecule has 0 aliphatic carbocycles. The summed E-state index contributed by atoms with van der Waals surface area (Å²) in [5.41, 5.74) is 2.43. The summed E-state index contributed by atoms with van der Waals surface area (Å²) in [7, 11) is 0. The van der Waals surface area contributed by atoms with Crippen LogP contribution in [0.1, 0.15) is 33.1 Å². The highest BCUT2D eigenvalue weighted by Gasteiger charge is 1.90. The van der Waals surface area contributed by atoms with E-state index in [1.165, 1.54) is 11.1 Å². The fourth-order valence-electron chi connectivity index (χ4n) is 0.913. The fraction of sp³-hybridized carbons (Fsp3) is 0.600. The van der Waals surface area contributed by atoms with Crippen LogP contribution in [0.4, 0.5) is 0 Å². The summed E-state index contributed by atoms with van der Waals surface area (Å²) in [5.74, 6) is 0. The number of rotatable bonds is 5. The maximum absolute atomic E-state index is 10.1. The van der Waals surface area contributed by atoms with Crippen LogP contribution in [0.15, 0.2) is 23.8 Å². The molecule has 0 aliphatic rings. The lowest BCUT2D eigenvalue weighted by molar-refractivity contribution is 0.231. The third-order valence-corrected chi connectivity index (χ3v) is 1.61. The molecule has 1 radical (unpaired) electrons. The molecule has 0 aromatic rings. The van der Waals surface area contributed by atoms with Crippen molar-refractivity contribution < 1.29 is 5.11 Å². The predicted octanol–water partition coefficient (Wildman–Crippen LogP) is 3.11. The second-order valence-electron chi connectivity index (χ2n) is 3.03. The largest absolute Gasteiger partial charge is 0.232 e. The van der Waals surface area contributed by atoms with Crippen molar-refractivity contribution in [1.29, 1.82) is 0 Å². The monoisotopic (exact) mass is 153 g/mol. The molecule has 0 fully saturated rings.